The molecule has 2 rings (SSSR count). The van der Waals surface area contributed by atoms with E-state index in [-0.39, 0.29) is 24.0 Å². The first-order chi connectivity index (χ1) is 10.9. The first kappa shape index (κ1) is 16.6. The van der Waals surface area contributed by atoms with Gasteiger partial charge >= 0.3 is 5.97 Å². The molecule has 1 aromatic carbocycles. The Labute approximate surface area is 132 Å². The first-order valence-corrected chi connectivity index (χ1v) is 7.07. The number of nitrogens with two attached hydrogens (primary N) is 1. The Morgan fingerprint density at radius 3 is 2.70 bits per heavy atom. The van der Waals surface area contributed by atoms with E-state index in [9.17, 15) is 14.4 Å². The number of hydrogen-bond donors (Lipinski definition) is 2. The van der Waals surface area contributed by atoms with E-state index in [1.54, 1.807) is 0 Å². The van der Waals surface area contributed by atoms with E-state index in [4.69, 9.17) is 20.3 Å². The third kappa shape index (κ3) is 3.71. The number of carbonyl (C=O) groups excluding carboxylic acids is 2. The third-order valence-electron chi connectivity index (χ3n) is 3.58. The summed E-state index contributed by atoms with van der Waals surface area (Å²) in [6.45, 7) is 0.0922. The normalized spacial score (nSPS) is 16.9. The van der Waals surface area contributed by atoms with Crippen molar-refractivity contribution in [2.75, 3.05) is 20.3 Å². The number of hydrogen-bond acceptors (Lipinski definition) is 5. The minimum Gasteiger partial charge on any atom is -0.493 e. The van der Waals surface area contributed by atoms with Gasteiger partial charge in [0.15, 0.2) is 18.1 Å². The highest BCUT2D eigenvalue weighted by Gasteiger charge is 2.34. The van der Waals surface area contributed by atoms with Gasteiger partial charge in [0.1, 0.15) is 6.04 Å². The van der Waals surface area contributed by atoms with Crippen LogP contribution in [0.1, 0.15) is 23.2 Å². The highest BCUT2D eigenvalue weighted by Crippen LogP contribution is 2.29. The Morgan fingerprint density at radius 1 is 1.35 bits per heavy atom. The van der Waals surface area contributed by atoms with Crippen LogP contribution in [0.5, 0.6) is 11.5 Å². The molecule has 1 atom stereocenters. The summed E-state index contributed by atoms with van der Waals surface area (Å²) in [4.78, 5) is 35.8. The van der Waals surface area contributed by atoms with Crippen molar-refractivity contribution in [1.82, 2.24) is 4.90 Å². The van der Waals surface area contributed by atoms with Gasteiger partial charge in [-0.2, -0.15) is 0 Å². The number of methoxy groups -OCH3 is 1. The maximum atomic E-state index is 12.5. The second-order valence-corrected chi connectivity index (χ2v) is 5.12. The van der Waals surface area contributed by atoms with Crippen LogP contribution in [0, 0.1) is 0 Å². The van der Waals surface area contributed by atoms with E-state index >= 15 is 0 Å². The molecule has 1 aromatic rings. The number of likely N-dealkylation sites (tertiary alicyclic amines) is 1. The Hall–Kier alpha value is -2.77. The molecule has 0 bridgehead atoms. The van der Waals surface area contributed by atoms with E-state index < -0.39 is 17.9 Å². The predicted molar refractivity (Wildman–Crippen MR) is 79.4 cm³/mol. The van der Waals surface area contributed by atoms with Crippen molar-refractivity contribution in [2.45, 2.75) is 18.9 Å². The summed E-state index contributed by atoms with van der Waals surface area (Å²) < 4.78 is 10.3. The first-order valence-electron chi connectivity index (χ1n) is 7.07. The summed E-state index contributed by atoms with van der Waals surface area (Å²) in [5.74, 6) is -1.48. The smallest absolute Gasteiger partial charge is 0.326 e. The molecular weight excluding hydrogens is 304 g/mol. The number of primary amides is 1. The van der Waals surface area contributed by atoms with Crippen molar-refractivity contribution in [3.05, 3.63) is 23.8 Å². The quantitative estimate of drug-likeness (QED) is 0.775. The largest absolute Gasteiger partial charge is 0.493 e. The van der Waals surface area contributed by atoms with Crippen LogP contribution < -0.4 is 15.2 Å². The van der Waals surface area contributed by atoms with Crippen molar-refractivity contribution < 1.29 is 29.0 Å². The predicted octanol–water partition coefficient (Wildman–Crippen LogP) is 0.248. The number of ether oxygens (including phenoxy) is 2. The molecule has 0 saturated carbocycles. The SMILES string of the molecule is COc1cc(C(=O)N2CCC[C@H]2C(=O)O)ccc1OCC(N)=O. The number of rotatable bonds is 6. The zero-order valence-corrected chi connectivity index (χ0v) is 12.7. The van der Waals surface area contributed by atoms with Crippen LogP contribution in [0.15, 0.2) is 18.2 Å². The monoisotopic (exact) mass is 322 g/mol. The number of amides is 2. The van der Waals surface area contributed by atoms with Crippen LogP contribution in [0.2, 0.25) is 0 Å². The van der Waals surface area contributed by atoms with Crippen molar-refractivity contribution in [1.29, 1.82) is 0 Å². The molecule has 1 fully saturated rings. The minimum absolute atomic E-state index is 0.267. The van der Waals surface area contributed by atoms with Gasteiger partial charge in [-0.15, -0.1) is 0 Å². The fourth-order valence-corrected chi connectivity index (χ4v) is 2.50. The van der Waals surface area contributed by atoms with E-state index in [0.29, 0.717) is 24.9 Å². The van der Waals surface area contributed by atoms with Gasteiger partial charge in [-0.25, -0.2) is 4.79 Å². The maximum Gasteiger partial charge on any atom is 0.326 e. The van der Waals surface area contributed by atoms with Gasteiger partial charge in [-0.1, -0.05) is 0 Å². The molecule has 0 unspecified atom stereocenters. The Kier molecular flexibility index (Phi) is 5.05. The number of carboxylic acids is 1. The zero-order chi connectivity index (χ0) is 17.0. The topological polar surface area (TPSA) is 119 Å². The van der Waals surface area contributed by atoms with Gasteiger partial charge in [0, 0.05) is 12.1 Å². The zero-order valence-electron chi connectivity index (χ0n) is 12.7. The van der Waals surface area contributed by atoms with Crippen LogP contribution in [0.3, 0.4) is 0 Å². The van der Waals surface area contributed by atoms with Crippen LogP contribution in [0.4, 0.5) is 0 Å². The van der Waals surface area contributed by atoms with Gasteiger partial charge in [0.2, 0.25) is 0 Å². The highest BCUT2D eigenvalue weighted by molar-refractivity contribution is 5.97. The number of aliphatic carboxylic acids is 1. The van der Waals surface area contributed by atoms with Gasteiger partial charge in [0.05, 0.1) is 7.11 Å². The lowest BCUT2D eigenvalue weighted by Gasteiger charge is -2.22. The molecule has 8 heteroatoms. The van der Waals surface area contributed by atoms with Crippen LogP contribution >= 0.6 is 0 Å². The molecule has 3 N–H and O–H groups in total. The lowest BCUT2D eigenvalue weighted by atomic mass is 10.1. The average molecular weight is 322 g/mol. The van der Waals surface area contributed by atoms with Crippen LogP contribution in [-0.2, 0) is 9.59 Å². The van der Waals surface area contributed by atoms with Gasteiger partial charge in [-0.3, -0.25) is 9.59 Å². The molecule has 1 aliphatic heterocycles. The minimum atomic E-state index is -1.01. The fourth-order valence-electron chi connectivity index (χ4n) is 2.50. The van der Waals surface area contributed by atoms with Crippen molar-refractivity contribution >= 4 is 17.8 Å². The summed E-state index contributed by atoms with van der Waals surface area (Å²) in [6.07, 6.45) is 1.09. The van der Waals surface area contributed by atoms with Crippen molar-refractivity contribution in [3.63, 3.8) is 0 Å². The molecule has 0 radical (unpaired) electrons. The molecule has 0 aromatic heterocycles. The molecule has 0 aliphatic carbocycles. The van der Waals surface area contributed by atoms with E-state index in [1.807, 2.05) is 0 Å². The Bertz CT molecular complexity index is 630. The summed E-state index contributed by atoms with van der Waals surface area (Å²) in [7, 11) is 1.40. The molecule has 0 spiro atoms. The average Bonchev–Trinajstić information content (AvgIpc) is 3.01. The van der Waals surface area contributed by atoms with Crippen molar-refractivity contribution in [2.24, 2.45) is 5.73 Å². The highest BCUT2D eigenvalue weighted by atomic mass is 16.5. The standard InChI is InChI=1S/C15H18N2O6/c1-22-12-7-9(4-5-11(12)23-8-13(16)18)14(19)17-6-2-3-10(17)15(20)21/h4-5,7,10H,2-3,6,8H2,1H3,(H2,16,18)(H,20,21)/t10-/m0/s1. The summed E-state index contributed by atoms with van der Waals surface area (Å²) in [5, 5.41) is 9.16. The van der Waals surface area contributed by atoms with Gasteiger partial charge < -0.3 is 25.2 Å². The molecule has 23 heavy (non-hydrogen) atoms. The van der Waals surface area contributed by atoms with Gasteiger partial charge in [0.25, 0.3) is 11.8 Å². The Morgan fingerprint density at radius 2 is 2.09 bits per heavy atom. The van der Waals surface area contributed by atoms with Crippen LogP contribution in [-0.4, -0.2) is 54.1 Å². The second-order valence-electron chi connectivity index (χ2n) is 5.12. The summed E-state index contributed by atoms with van der Waals surface area (Å²) in [6, 6.07) is 3.63. The molecule has 1 heterocycles. The summed E-state index contributed by atoms with van der Waals surface area (Å²) in [5.41, 5.74) is 5.31. The molecule has 8 nitrogen and oxygen atoms in total. The summed E-state index contributed by atoms with van der Waals surface area (Å²) >= 11 is 0. The number of carboxylic acid groups (broad SMARTS) is 1. The third-order valence-corrected chi connectivity index (χ3v) is 3.58. The van der Waals surface area contributed by atoms with Crippen molar-refractivity contribution in [3.8, 4) is 11.5 Å². The lowest BCUT2D eigenvalue weighted by Crippen LogP contribution is -2.40. The maximum absolute atomic E-state index is 12.5. The number of carbonyl (C=O) groups is 3. The number of nitrogens with zero attached hydrogens (tertiary/aromatic N) is 1. The Balaban J connectivity index is 2.21. The van der Waals surface area contributed by atoms with E-state index in [0.717, 1.165) is 0 Å². The van der Waals surface area contributed by atoms with E-state index in [1.165, 1.54) is 30.2 Å². The second kappa shape index (κ2) is 6.99. The number of benzene rings is 1. The molecule has 1 saturated heterocycles. The molecule has 124 valence electrons. The van der Waals surface area contributed by atoms with Gasteiger partial charge in [-0.05, 0) is 31.0 Å². The fraction of sp³-hybridized carbons (Fsp3) is 0.400. The van der Waals surface area contributed by atoms with Crippen LogP contribution in [0.25, 0.3) is 0 Å². The molecule has 1 aliphatic rings. The molecule has 2 amide bonds. The lowest BCUT2D eigenvalue weighted by molar-refractivity contribution is -0.141. The van der Waals surface area contributed by atoms with E-state index in [2.05, 4.69) is 0 Å². The molecular formula is C15H18N2O6.